The highest BCUT2D eigenvalue weighted by molar-refractivity contribution is 7.93. The maximum Gasteiger partial charge on any atom is 0.0890 e. The van der Waals surface area contributed by atoms with Gasteiger partial charge in [-0.15, -0.1) is 3.88 Å². The van der Waals surface area contributed by atoms with Gasteiger partial charge >= 0.3 is 0 Å². The molecule has 11 heavy (non-hydrogen) atoms. The van der Waals surface area contributed by atoms with E-state index < -0.39 is 9.73 Å². The summed E-state index contributed by atoms with van der Waals surface area (Å²) in [6.07, 6.45) is 1.51. The molecule has 0 saturated carbocycles. The van der Waals surface area contributed by atoms with E-state index in [1.807, 2.05) is 6.07 Å². The molecule has 0 aromatic heterocycles. The molecule has 0 N–H and O–H groups in total. The number of hydrogen-bond donors (Lipinski definition) is 0. The molecular formula is C7H8ClNOS. The molecule has 60 valence electrons. The Morgan fingerprint density at radius 1 is 1.36 bits per heavy atom. The molecule has 1 aromatic rings. The predicted molar refractivity (Wildman–Crippen MR) is 47.1 cm³/mol. The molecule has 1 unspecified atom stereocenters. The minimum Gasteiger partial charge on any atom is -0.244 e. The molecule has 1 aromatic carbocycles. The number of nitrogens with zero attached hydrogens (tertiary/aromatic N) is 1. The SMILES string of the molecule is CS(=O)(=NCl)c1ccccc1. The van der Waals surface area contributed by atoms with E-state index in [-0.39, 0.29) is 0 Å². The van der Waals surface area contributed by atoms with Gasteiger partial charge in [0.1, 0.15) is 0 Å². The lowest BCUT2D eigenvalue weighted by Crippen LogP contribution is -1.94. The molecule has 0 spiro atoms. The highest BCUT2D eigenvalue weighted by atomic mass is 35.5. The molecule has 1 atom stereocenters. The molecule has 0 heterocycles. The van der Waals surface area contributed by atoms with Crippen LogP contribution in [0.15, 0.2) is 39.1 Å². The van der Waals surface area contributed by atoms with Gasteiger partial charge in [0, 0.05) is 22.9 Å². The van der Waals surface area contributed by atoms with Crippen LogP contribution >= 0.6 is 11.8 Å². The lowest BCUT2D eigenvalue weighted by molar-refractivity contribution is 0.681. The van der Waals surface area contributed by atoms with Crippen LogP contribution in [0.3, 0.4) is 0 Å². The van der Waals surface area contributed by atoms with Crippen molar-refractivity contribution in [3.63, 3.8) is 0 Å². The molecular weight excluding hydrogens is 182 g/mol. The Morgan fingerprint density at radius 2 is 1.91 bits per heavy atom. The van der Waals surface area contributed by atoms with Gasteiger partial charge in [-0.3, -0.25) is 0 Å². The van der Waals surface area contributed by atoms with Crippen molar-refractivity contribution in [2.75, 3.05) is 6.26 Å². The van der Waals surface area contributed by atoms with Crippen molar-refractivity contribution in [1.82, 2.24) is 0 Å². The van der Waals surface area contributed by atoms with Crippen LogP contribution in [0.25, 0.3) is 0 Å². The van der Waals surface area contributed by atoms with Gasteiger partial charge in [0.2, 0.25) is 0 Å². The summed E-state index contributed by atoms with van der Waals surface area (Å²) in [7, 11) is -2.36. The Bertz CT molecular complexity index is 341. The highest BCUT2D eigenvalue weighted by Crippen LogP contribution is 2.10. The number of hydrogen-bond acceptors (Lipinski definition) is 2. The zero-order chi connectivity index (χ0) is 8.32. The average Bonchev–Trinajstić information content (AvgIpc) is 2.06. The summed E-state index contributed by atoms with van der Waals surface area (Å²) in [5.74, 6) is 0. The largest absolute Gasteiger partial charge is 0.244 e. The number of rotatable bonds is 1. The van der Waals surface area contributed by atoms with E-state index in [4.69, 9.17) is 11.8 Å². The lowest BCUT2D eigenvalue weighted by atomic mass is 10.4. The van der Waals surface area contributed by atoms with Gasteiger partial charge < -0.3 is 0 Å². The standard InChI is InChI=1S/C7H8ClNOS/c1-11(10,9-8)7-5-3-2-4-6-7/h2-6H,1H3. The maximum atomic E-state index is 11.5. The van der Waals surface area contributed by atoms with Crippen molar-refractivity contribution >= 4 is 21.5 Å². The zero-order valence-electron chi connectivity index (χ0n) is 6.03. The number of halogens is 1. The summed E-state index contributed by atoms with van der Waals surface area (Å²) in [5.41, 5.74) is 0. The van der Waals surface area contributed by atoms with Crippen LogP contribution in [0.1, 0.15) is 0 Å². The monoisotopic (exact) mass is 189 g/mol. The van der Waals surface area contributed by atoms with Gasteiger partial charge in [0.05, 0.1) is 9.73 Å². The van der Waals surface area contributed by atoms with Crippen LogP contribution in [0, 0.1) is 0 Å². The van der Waals surface area contributed by atoms with E-state index in [2.05, 4.69) is 3.88 Å². The first kappa shape index (κ1) is 8.56. The minimum absolute atomic E-state index is 0.662. The summed E-state index contributed by atoms with van der Waals surface area (Å²) in [6.45, 7) is 0. The summed E-state index contributed by atoms with van der Waals surface area (Å²) in [4.78, 5) is 0.662. The summed E-state index contributed by atoms with van der Waals surface area (Å²) >= 11 is 5.18. The van der Waals surface area contributed by atoms with E-state index in [0.717, 1.165) is 0 Å². The normalized spacial score (nSPS) is 15.5. The first-order valence-electron chi connectivity index (χ1n) is 3.04. The van der Waals surface area contributed by atoms with Gasteiger partial charge in [-0.1, -0.05) is 18.2 Å². The van der Waals surface area contributed by atoms with Gasteiger partial charge in [0.15, 0.2) is 0 Å². The Morgan fingerprint density at radius 3 is 2.36 bits per heavy atom. The smallest absolute Gasteiger partial charge is 0.0890 e. The fourth-order valence-electron chi connectivity index (χ4n) is 0.713. The van der Waals surface area contributed by atoms with Crippen LogP contribution in [0.2, 0.25) is 0 Å². The third-order valence-corrected chi connectivity index (χ3v) is 3.51. The molecule has 0 radical (unpaired) electrons. The van der Waals surface area contributed by atoms with Crippen molar-refractivity contribution in [1.29, 1.82) is 0 Å². The van der Waals surface area contributed by atoms with Crippen LogP contribution in [0.4, 0.5) is 0 Å². The molecule has 4 heteroatoms. The van der Waals surface area contributed by atoms with E-state index in [1.54, 1.807) is 24.3 Å². The van der Waals surface area contributed by atoms with Crippen molar-refractivity contribution in [3.8, 4) is 0 Å². The second kappa shape index (κ2) is 3.24. The van der Waals surface area contributed by atoms with E-state index >= 15 is 0 Å². The molecule has 0 amide bonds. The maximum absolute atomic E-state index is 11.5. The quantitative estimate of drug-likeness (QED) is 0.667. The molecule has 2 nitrogen and oxygen atoms in total. The summed E-state index contributed by atoms with van der Waals surface area (Å²) in [6, 6.07) is 8.96. The van der Waals surface area contributed by atoms with E-state index in [0.29, 0.717) is 4.90 Å². The summed E-state index contributed by atoms with van der Waals surface area (Å²) < 4.78 is 14.7. The van der Waals surface area contributed by atoms with Crippen molar-refractivity contribution in [2.45, 2.75) is 4.90 Å². The Balaban J connectivity index is 3.25. The van der Waals surface area contributed by atoms with Crippen molar-refractivity contribution in [3.05, 3.63) is 30.3 Å². The van der Waals surface area contributed by atoms with Crippen LogP contribution in [0.5, 0.6) is 0 Å². The van der Waals surface area contributed by atoms with E-state index in [9.17, 15) is 4.21 Å². The first-order valence-corrected chi connectivity index (χ1v) is 5.30. The van der Waals surface area contributed by atoms with Gasteiger partial charge in [0.25, 0.3) is 0 Å². The molecule has 0 bridgehead atoms. The van der Waals surface area contributed by atoms with Crippen molar-refractivity contribution in [2.24, 2.45) is 3.88 Å². The average molecular weight is 190 g/mol. The van der Waals surface area contributed by atoms with Crippen LogP contribution < -0.4 is 0 Å². The van der Waals surface area contributed by atoms with Crippen molar-refractivity contribution < 1.29 is 4.21 Å². The third kappa shape index (κ3) is 1.94. The molecule has 0 aliphatic rings. The van der Waals surface area contributed by atoms with Gasteiger partial charge in [-0.2, -0.15) is 0 Å². The first-order chi connectivity index (χ1) is 5.17. The molecule has 0 saturated heterocycles. The second-order valence-corrected chi connectivity index (χ2v) is 4.81. The minimum atomic E-state index is -2.36. The second-order valence-electron chi connectivity index (χ2n) is 2.18. The fraction of sp³-hybridized carbons (Fsp3) is 0.143. The zero-order valence-corrected chi connectivity index (χ0v) is 7.60. The van der Waals surface area contributed by atoms with Gasteiger partial charge in [-0.05, 0) is 12.1 Å². The number of benzene rings is 1. The van der Waals surface area contributed by atoms with E-state index in [1.165, 1.54) is 6.26 Å². The van der Waals surface area contributed by atoms with Crippen LogP contribution in [-0.4, -0.2) is 10.5 Å². The third-order valence-electron chi connectivity index (χ3n) is 1.31. The Kier molecular flexibility index (Phi) is 2.52. The Labute approximate surface area is 71.5 Å². The van der Waals surface area contributed by atoms with Crippen LogP contribution in [-0.2, 0) is 9.73 Å². The molecule has 0 fully saturated rings. The molecule has 0 aliphatic heterocycles. The lowest BCUT2D eigenvalue weighted by Gasteiger charge is -1.98. The highest BCUT2D eigenvalue weighted by Gasteiger charge is 2.02. The van der Waals surface area contributed by atoms with Gasteiger partial charge in [-0.25, -0.2) is 4.21 Å². The molecule has 1 rings (SSSR count). The fourth-order valence-corrected chi connectivity index (χ4v) is 1.69. The topological polar surface area (TPSA) is 29.4 Å². The summed E-state index contributed by atoms with van der Waals surface area (Å²) in [5, 5.41) is 0. The Hall–Kier alpha value is -0.540. The molecule has 0 aliphatic carbocycles. The predicted octanol–water partition coefficient (Wildman–Crippen LogP) is 2.30.